The van der Waals surface area contributed by atoms with Gasteiger partial charge in [0, 0.05) is 11.8 Å². The number of anilines is 1. The van der Waals surface area contributed by atoms with Crippen molar-refractivity contribution in [3.63, 3.8) is 0 Å². The van der Waals surface area contributed by atoms with Gasteiger partial charge in [-0.15, -0.1) is 0 Å². The van der Waals surface area contributed by atoms with Crippen LogP contribution in [0.4, 0.5) is 27.6 Å². The van der Waals surface area contributed by atoms with Gasteiger partial charge in [0.25, 0.3) is 5.91 Å². The van der Waals surface area contributed by atoms with Crippen LogP contribution in [0.15, 0.2) is 16.9 Å². The number of hydrogen-bond donors (Lipinski definition) is 1. The summed E-state index contributed by atoms with van der Waals surface area (Å²) in [6.45, 7) is 2.82. The molecule has 0 saturated carbocycles. The molecule has 0 bridgehead atoms. The Morgan fingerprint density at radius 3 is 2.31 bits per heavy atom. The van der Waals surface area contributed by atoms with E-state index in [1.165, 1.54) is 17.1 Å². The highest BCUT2D eigenvalue weighted by molar-refractivity contribution is 5.91. The maximum absolute atomic E-state index is 13.5. The maximum Gasteiger partial charge on any atom is 0.262 e. The van der Waals surface area contributed by atoms with E-state index in [0.29, 0.717) is 18.0 Å². The van der Waals surface area contributed by atoms with Crippen molar-refractivity contribution in [1.29, 1.82) is 0 Å². The fourth-order valence-electron chi connectivity index (χ4n) is 2.45. The first-order chi connectivity index (χ1) is 13.7. The highest BCUT2D eigenvalue weighted by Gasteiger charge is 2.27. The molecule has 7 nitrogen and oxygen atoms in total. The number of benzene rings is 1. The number of nitrogens with one attached hydrogen (secondary N) is 1. The topological polar surface area (TPSA) is 82.2 Å². The van der Waals surface area contributed by atoms with Crippen LogP contribution >= 0.6 is 0 Å². The van der Waals surface area contributed by atoms with Gasteiger partial charge in [0.1, 0.15) is 5.76 Å². The molecule has 0 aliphatic rings. The van der Waals surface area contributed by atoms with Gasteiger partial charge < -0.3 is 14.6 Å². The Morgan fingerprint density at radius 1 is 1.10 bits per heavy atom. The van der Waals surface area contributed by atoms with Gasteiger partial charge in [-0.25, -0.2) is 13.2 Å². The molecule has 154 valence electrons. The second-order valence-electron chi connectivity index (χ2n) is 5.97. The van der Waals surface area contributed by atoms with Gasteiger partial charge in [-0.2, -0.15) is 13.9 Å². The second-order valence-corrected chi connectivity index (χ2v) is 5.97. The summed E-state index contributed by atoms with van der Waals surface area (Å²) in [6.07, 6.45) is 2.76. The lowest BCUT2D eigenvalue weighted by molar-refractivity contribution is -0.118. The third kappa shape index (κ3) is 4.05. The smallest absolute Gasteiger partial charge is 0.262 e. The predicted octanol–water partition coefficient (Wildman–Crippen LogP) is 3.25. The molecule has 0 atom stereocenters. The van der Waals surface area contributed by atoms with Crippen LogP contribution in [0.25, 0.3) is 0 Å². The monoisotopic (exact) mass is 416 g/mol. The molecule has 0 radical (unpaired) electrons. The second kappa shape index (κ2) is 7.89. The van der Waals surface area contributed by atoms with Gasteiger partial charge in [0.15, 0.2) is 12.4 Å². The third-order valence-electron chi connectivity index (χ3n) is 3.94. The Labute approximate surface area is 160 Å². The Hall–Kier alpha value is -3.44. The van der Waals surface area contributed by atoms with Crippen LogP contribution < -0.4 is 10.1 Å². The molecular formula is C17H13F5N4O3. The Morgan fingerprint density at radius 2 is 1.72 bits per heavy atom. The number of aromatic nitrogens is 3. The van der Waals surface area contributed by atoms with Crippen LogP contribution in [0.2, 0.25) is 0 Å². The SMILES string of the molecule is Cc1noc(C)c1Cn1cc(NC(=O)COc2c(F)c(F)c(F)c(F)c2F)cn1. The zero-order chi connectivity index (χ0) is 21.3. The number of nitrogens with zero attached hydrogens (tertiary/aromatic N) is 3. The summed E-state index contributed by atoms with van der Waals surface area (Å²) in [5.74, 6) is -12.8. The maximum atomic E-state index is 13.5. The molecule has 2 heterocycles. The van der Waals surface area contributed by atoms with E-state index in [4.69, 9.17) is 4.52 Å². The van der Waals surface area contributed by atoms with Crippen molar-refractivity contribution in [2.45, 2.75) is 20.4 Å². The van der Waals surface area contributed by atoms with Crippen molar-refractivity contribution < 1.29 is 36.0 Å². The van der Waals surface area contributed by atoms with E-state index < -0.39 is 47.3 Å². The zero-order valence-electron chi connectivity index (χ0n) is 15.0. The lowest BCUT2D eigenvalue weighted by Gasteiger charge is -2.10. The van der Waals surface area contributed by atoms with Crippen LogP contribution in [-0.2, 0) is 11.3 Å². The molecule has 3 rings (SSSR count). The molecule has 1 aromatic carbocycles. The number of carbonyl (C=O) groups excluding carboxylic acids is 1. The Balaban J connectivity index is 1.63. The van der Waals surface area contributed by atoms with E-state index in [0.717, 1.165) is 5.56 Å². The fraction of sp³-hybridized carbons (Fsp3) is 0.235. The van der Waals surface area contributed by atoms with Gasteiger partial charge in [0.05, 0.1) is 24.1 Å². The van der Waals surface area contributed by atoms with Crippen molar-refractivity contribution in [2.75, 3.05) is 11.9 Å². The molecule has 0 fully saturated rings. The molecule has 29 heavy (non-hydrogen) atoms. The van der Waals surface area contributed by atoms with Crippen molar-refractivity contribution in [3.8, 4) is 5.75 Å². The van der Waals surface area contributed by atoms with Gasteiger partial charge in [-0.1, -0.05) is 5.16 Å². The molecule has 0 aliphatic heterocycles. The Kier molecular flexibility index (Phi) is 5.52. The number of ether oxygens (including phenoxy) is 1. The first-order valence-electron chi connectivity index (χ1n) is 8.07. The van der Waals surface area contributed by atoms with Gasteiger partial charge in [-0.3, -0.25) is 9.48 Å². The van der Waals surface area contributed by atoms with Crippen molar-refractivity contribution >= 4 is 11.6 Å². The summed E-state index contributed by atoms with van der Waals surface area (Å²) in [5.41, 5.74) is 1.71. The lowest BCUT2D eigenvalue weighted by Crippen LogP contribution is -2.21. The number of aryl methyl sites for hydroxylation is 2. The van der Waals surface area contributed by atoms with Crippen LogP contribution in [-0.4, -0.2) is 27.5 Å². The predicted molar refractivity (Wildman–Crippen MR) is 87.7 cm³/mol. The highest BCUT2D eigenvalue weighted by atomic mass is 19.2. The van der Waals surface area contributed by atoms with E-state index in [2.05, 4.69) is 20.3 Å². The van der Waals surface area contributed by atoms with Crippen molar-refractivity contribution in [2.24, 2.45) is 0 Å². The van der Waals surface area contributed by atoms with Crippen LogP contribution in [0.3, 0.4) is 0 Å². The standard InChI is InChI=1S/C17H13F5N4O3/c1-7-10(8(2)29-25-7)5-26-4-9(3-23-26)24-11(27)6-28-17-15(21)13(19)12(18)14(20)16(17)22/h3-4H,5-6H2,1-2H3,(H,24,27). The summed E-state index contributed by atoms with van der Waals surface area (Å²) in [7, 11) is 0. The van der Waals surface area contributed by atoms with Crippen LogP contribution in [0.1, 0.15) is 17.0 Å². The lowest BCUT2D eigenvalue weighted by atomic mass is 10.2. The largest absolute Gasteiger partial charge is 0.477 e. The number of rotatable bonds is 6. The molecule has 3 aromatic rings. The van der Waals surface area contributed by atoms with Crippen molar-refractivity contribution in [1.82, 2.24) is 14.9 Å². The van der Waals surface area contributed by atoms with Crippen LogP contribution in [0, 0.1) is 42.9 Å². The number of hydrogen-bond acceptors (Lipinski definition) is 5. The van der Waals surface area contributed by atoms with Crippen molar-refractivity contribution in [3.05, 3.63) is 58.5 Å². The zero-order valence-corrected chi connectivity index (χ0v) is 15.0. The van der Waals surface area contributed by atoms with E-state index in [-0.39, 0.29) is 5.69 Å². The number of halogens is 5. The van der Waals surface area contributed by atoms with E-state index >= 15 is 0 Å². The molecule has 0 aliphatic carbocycles. The van der Waals surface area contributed by atoms with E-state index in [1.54, 1.807) is 13.8 Å². The number of amides is 1. The van der Waals surface area contributed by atoms with Gasteiger partial charge in [-0.05, 0) is 13.8 Å². The molecular weight excluding hydrogens is 403 g/mol. The minimum atomic E-state index is -2.32. The molecule has 2 aromatic heterocycles. The third-order valence-corrected chi connectivity index (χ3v) is 3.94. The Bertz CT molecular complexity index is 1030. The quantitative estimate of drug-likeness (QED) is 0.379. The van der Waals surface area contributed by atoms with Gasteiger partial charge >= 0.3 is 0 Å². The molecule has 12 heteroatoms. The minimum Gasteiger partial charge on any atom is -0.477 e. The van der Waals surface area contributed by atoms with Gasteiger partial charge in [0.2, 0.25) is 29.1 Å². The molecule has 0 saturated heterocycles. The van der Waals surface area contributed by atoms with E-state index in [9.17, 15) is 26.7 Å². The minimum absolute atomic E-state index is 0.225. The fourth-order valence-corrected chi connectivity index (χ4v) is 2.45. The highest BCUT2D eigenvalue weighted by Crippen LogP contribution is 2.29. The van der Waals surface area contributed by atoms with Crippen LogP contribution in [0.5, 0.6) is 5.75 Å². The molecule has 0 unspecified atom stereocenters. The average molecular weight is 416 g/mol. The summed E-state index contributed by atoms with van der Waals surface area (Å²) < 4.78 is 77.3. The number of carbonyl (C=O) groups is 1. The summed E-state index contributed by atoms with van der Waals surface area (Å²) in [6, 6.07) is 0. The first kappa shape index (κ1) is 20.3. The molecule has 1 N–H and O–H groups in total. The summed E-state index contributed by atoms with van der Waals surface area (Å²) >= 11 is 0. The molecule has 1 amide bonds. The normalized spacial score (nSPS) is 11.0. The summed E-state index contributed by atoms with van der Waals surface area (Å²) in [5, 5.41) is 10.2. The first-order valence-corrected chi connectivity index (χ1v) is 8.07. The average Bonchev–Trinajstić information content (AvgIpc) is 3.26. The van der Waals surface area contributed by atoms with E-state index in [1.807, 2.05) is 0 Å². The molecule has 0 spiro atoms. The summed E-state index contributed by atoms with van der Waals surface area (Å²) in [4.78, 5) is 11.9.